The highest BCUT2D eigenvalue weighted by Gasteiger charge is 2.16. The molecule has 0 radical (unpaired) electrons. The van der Waals surface area contributed by atoms with Crippen LogP contribution in [0.25, 0.3) is 10.2 Å². The smallest absolute Gasteiger partial charge is 0.281 e. The van der Waals surface area contributed by atoms with Gasteiger partial charge < -0.3 is 4.74 Å². The number of hydrogen-bond acceptors (Lipinski definition) is 5. The lowest BCUT2D eigenvalue weighted by atomic mass is 10.4. The Kier molecular flexibility index (Phi) is 3.47. The Hall–Kier alpha value is -0.760. The molecule has 0 saturated carbocycles. The van der Waals surface area contributed by atoms with Crippen LogP contribution in [0.3, 0.4) is 0 Å². The van der Waals surface area contributed by atoms with Gasteiger partial charge in [0.15, 0.2) is 0 Å². The predicted molar refractivity (Wildman–Crippen MR) is 74.3 cm³/mol. The van der Waals surface area contributed by atoms with Crippen molar-refractivity contribution in [2.75, 3.05) is 26.3 Å². The summed E-state index contributed by atoms with van der Waals surface area (Å²) in [6, 6.07) is 1.89. The average molecular weight is 330 g/mol. The van der Waals surface area contributed by atoms with Gasteiger partial charge in [-0.3, -0.25) is 9.69 Å². The maximum atomic E-state index is 12.1. The van der Waals surface area contributed by atoms with Crippen molar-refractivity contribution in [1.82, 2.24) is 13.5 Å². The Morgan fingerprint density at radius 3 is 3.00 bits per heavy atom. The molecule has 3 rings (SSSR count). The van der Waals surface area contributed by atoms with Crippen molar-refractivity contribution in [2.45, 2.75) is 6.54 Å². The molecule has 5 nitrogen and oxygen atoms in total. The number of morpholine rings is 1. The van der Waals surface area contributed by atoms with Crippen molar-refractivity contribution in [2.24, 2.45) is 0 Å². The zero-order chi connectivity index (χ0) is 12.5. The largest absolute Gasteiger partial charge is 0.379 e. The minimum Gasteiger partial charge on any atom is -0.379 e. The molecule has 1 aliphatic rings. The second-order valence-corrected chi connectivity index (χ2v) is 5.76. The van der Waals surface area contributed by atoms with E-state index in [2.05, 4.69) is 26.0 Å². The summed E-state index contributed by atoms with van der Waals surface area (Å²) in [6.07, 6.45) is 0. The molecule has 2 aromatic rings. The van der Waals surface area contributed by atoms with Crippen molar-refractivity contribution >= 4 is 37.7 Å². The van der Waals surface area contributed by atoms with E-state index in [0.717, 1.165) is 37.6 Å². The van der Waals surface area contributed by atoms with Crippen LogP contribution in [0.1, 0.15) is 5.82 Å². The van der Waals surface area contributed by atoms with Crippen molar-refractivity contribution in [1.29, 1.82) is 0 Å². The maximum absolute atomic E-state index is 12.1. The summed E-state index contributed by atoms with van der Waals surface area (Å²) in [4.78, 5) is 18.9. The topological polar surface area (TPSA) is 47.4 Å². The van der Waals surface area contributed by atoms with E-state index in [4.69, 9.17) is 4.74 Å². The Labute approximate surface area is 116 Å². The first-order chi connectivity index (χ1) is 8.75. The lowest BCUT2D eigenvalue weighted by molar-refractivity contribution is 0.0329. The molecule has 0 atom stereocenters. The first-order valence-electron chi connectivity index (χ1n) is 5.71. The number of hydrogen-bond donors (Lipinski definition) is 0. The van der Waals surface area contributed by atoms with E-state index in [0.29, 0.717) is 11.2 Å². The van der Waals surface area contributed by atoms with Gasteiger partial charge in [0.2, 0.25) is 0 Å². The van der Waals surface area contributed by atoms with E-state index >= 15 is 0 Å². The highest BCUT2D eigenvalue weighted by Crippen LogP contribution is 2.17. The number of thiophene rings is 1. The van der Waals surface area contributed by atoms with Crippen molar-refractivity contribution in [3.05, 3.63) is 27.6 Å². The lowest BCUT2D eigenvalue weighted by Gasteiger charge is -2.26. The number of ether oxygens (including phenoxy) is 1. The van der Waals surface area contributed by atoms with Crippen LogP contribution in [0.5, 0.6) is 0 Å². The van der Waals surface area contributed by atoms with Crippen LogP contribution in [-0.4, -0.2) is 39.8 Å². The fourth-order valence-corrected chi connectivity index (χ4v) is 3.24. The molecule has 7 heteroatoms. The summed E-state index contributed by atoms with van der Waals surface area (Å²) < 4.78 is 7.47. The van der Waals surface area contributed by atoms with Gasteiger partial charge in [0.05, 0.1) is 41.4 Å². The second kappa shape index (κ2) is 5.08. The molecule has 0 N–H and O–H groups in total. The zero-order valence-corrected chi connectivity index (χ0v) is 12.0. The normalized spacial score (nSPS) is 17.4. The zero-order valence-electron chi connectivity index (χ0n) is 9.63. The van der Waals surface area contributed by atoms with E-state index in [1.807, 2.05) is 11.4 Å². The quantitative estimate of drug-likeness (QED) is 0.836. The molecule has 3 heterocycles. The monoisotopic (exact) mass is 329 g/mol. The molecule has 1 saturated heterocycles. The molecule has 96 valence electrons. The Balaban J connectivity index is 1.95. The Morgan fingerprint density at radius 1 is 1.44 bits per heavy atom. The molecule has 1 fully saturated rings. The third-order valence-electron chi connectivity index (χ3n) is 2.96. The van der Waals surface area contributed by atoms with Gasteiger partial charge >= 0.3 is 0 Å². The maximum Gasteiger partial charge on any atom is 0.281 e. The lowest BCUT2D eigenvalue weighted by Crippen LogP contribution is -2.37. The molecule has 0 spiro atoms. The molecule has 0 unspecified atom stereocenters. The van der Waals surface area contributed by atoms with Crippen LogP contribution in [0.2, 0.25) is 0 Å². The molecule has 0 bridgehead atoms. The molecular weight excluding hydrogens is 318 g/mol. The van der Waals surface area contributed by atoms with Crippen LogP contribution in [0.15, 0.2) is 16.2 Å². The third kappa shape index (κ3) is 2.23. The van der Waals surface area contributed by atoms with E-state index in [1.54, 1.807) is 0 Å². The second-order valence-electron chi connectivity index (χ2n) is 4.14. The third-order valence-corrected chi connectivity index (χ3v) is 4.58. The van der Waals surface area contributed by atoms with Crippen molar-refractivity contribution in [3.63, 3.8) is 0 Å². The van der Waals surface area contributed by atoms with Crippen LogP contribution in [0.4, 0.5) is 0 Å². The molecule has 0 aliphatic carbocycles. The molecular formula is C11H12BrN3O2S. The molecule has 18 heavy (non-hydrogen) atoms. The first kappa shape index (κ1) is 12.3. The minimum absolute atomic E-state index is 0.0294. The molecule has 2 aromatic heterocycles. The van der Waals surface area contributed by atoms with E-state index in [9.17, 15) is 4.79 Å². The number of aromatic nitrogens is 2. The van der Waals surface area contributed by atoms with E-state index in [1.165, 1.54) is 14.9 Å². The van der Waals surface area contributed by atoms with Gasteiger partial charge in [-0.05, 0) is 11.4 Å². The van der Waals surface area contributed by atoms with Crippen LogP contribution in [-0.2, 0) is 11.3 Å². The molecule has 0 aromatic carbocycles. The summed E-state index contributed by atoms with van der Waals surface area (Å²) in [7, 11) is 0. The summed E-state index contributed by atoms with van der Waals surface area (Å²) >= 11 is 4.73. The summed E-state index contributed by atoms with van der Waals surface area (Å²) in [5.74, 6) is 0.743. The SMILES string of the molecule is O=c1c2sccc2nc(CN2CCOCC2)n1Br. The van der Waals surface area contributed by atoms with Gasteiger partial charge in [-0.2, -0.15) is 0 Å². The molecule has 0 amide bonds. The average Bonchev–Trinajstić information content (AvgIpc) is 2.85. The van der Waals surface area contributed by atoms with Gasteiger partial charge in [0.1, 0.15) is 10.5 Å². The number of halogens is 1. The van der Waals surface area contributed by atoms with Gasteiger partial charge in [-0.25, -0.2) is 8.58 Å². The van der Waals surface area contributed by atoms with Crippen molar-refractivity contribution in [3.8, 4) is 0 Å². The first-order valence-corrected chi connectivity index (χ1v) is 7.30. The summed E-state index contributed by atoms with van der Waals surface area (Å²) in [5.41, 5.74) is 0.752. The summed E-state index contributed by atoms with van der Waals surface area (Å²) in [5, 5.41) is 1.89. The van der Waals surface area contributed by atoms with Gasteiger partial charge in [0, 0.05) is 13.1 Å². The van der Waals surface area contributed by atoms with Crippen LogP contribution >= 0.6 is 27.5 Å². The fraction of sp³-hybridized carbons (Fsp3) is 0.455. The standard InChI is InChI=1S/C11H12BrN3O2S/c12-15-9(7-14-2-4-17-5-3-14)13-8-1-6-18-10(8)11(15)16/h1,6H,2-5,7H2. The summed E-state index contributed by atoms with van der Waals surface area (Å²) in [6.45, 7) is 3.91. The Morgan fingerprint density at radius 2 is 2.22 bits per heavy atom. The Bertz CT molecular complexity index is 618. The highest BCUT2D eigenvalue weighted by molar-refractivity contribution is 9.08. The molecule has 1 aliphatic heterocycles. The van der Waals surface area contributed by atoms with Gasteiger partial charge in [-0.1, -0.05) is 0 Å². The number of fused-ring (bicyclic) bond motifs is 1. The number of nitrogens with zero attached hydrogens (tertiary/aromatic N) is 3. The van der Waals surface area contributed by atoms with E-state index in [-0.39, 0.29) is 5.56 Å². The van der Waals surface area contributed by atoms with Crippen LogP contribution < -0.4 is 5.56 Å². The predicted octanol–water partition coefficient (Wildman–Crippen LogP) is 1.45. The van der Waals surface area contributed by atoms with Gasteiger partial charge in [-0.15, -0.1) is 11.3 Å². The van der Waals surface area contributed by atoms with E-state index < -0.39 is 0 Å². The fourth-order valence-electron chi connectivity index (χ4n) is 2.00. The van der Waals surface area contributed by atoms with Crippen LogP contribution in [0, 0.1) is 0 Å². The van der Waals surface area contributed by atoms with Crippen molar-refractivity contribution < 1.29 is 4.74 Å². The minimum atomic E-state index is -0.0294. The number of rotatable bonds is 2. The van der Waals surface area contributed by atoms with Gasteiger partial charge in [0.25, 0.3) is 5.56 Å². The highest BCUT2D eigenvalue weighted by atomic mass is 79.9.